The van der Waals surface area contributed by atoms with E-state index in [1.165, 1.54) is 0 Å². The third-order valence-corrected chi connectivity index (χ3v) is 5.46. The van der Waals surface area contributed by atoms with E-state index >= 15 is 0 Å². The summed E-state index contributed by atoms with van der Waals surface area (Å²) in [6.07, 6.45) is 1.47. The molecule has 0 radical (unpaired) electrons. The van der Waals surface area contributed by atoms with Crippen molar-refractivity contribution in [3.63, 3.8) is 0 Å². The van der Waals surface area contributed by atoms with Crippen molar-refractivity contribution in [3.8, 4) is 0 Å². The summed E-state index contributed by atoms with van der Waals surface area (Å²) in [5.41, 5.74) is 1.75. The van der Waals surface area contributed by atoms with Crippen LogP contribution in [0.25, 0.3) is 10.2 Å². The van der Waals surface area contributed by atoms with E-state index in [1.54, 1.807) is 11.3 Å². The Kier molecular flexibility index (Phi) is 3.45. The minimum absolute atomic E-state index is 0.0930. The molecule has 7 heteroatoms. The monoisotopic (exact) mass is 330 g/mol. The summed E-state index contributed by atoms with van der Waals surface area (Å²) in [5.74, 6) is 0.223. The maximum absolute atomic E-state index is 12.5. The molecule has 2 aromatic rings. The molecule has 3 amide bonds. The number of hydrogen-bond donors (Lipinski definition) is 1. The van der Waals surface area contributed by atoms with Crippen LogP contribution in [0.5, 0.6) is 0 Å². The molecule has 1 aromatic carbocycles. The number of rotatable bonds is 1. The predicted octanol–water partition coefficient (Wildman–Crippen LogP) is 2.44. The smallest absolute Gasteiger partial charge is 0.321 e. The molecule has 6 nitrogen and oxygen atoms in total. The second-order valence-corrected chi connectivity index (χ2v) is 7.31. The number of fused-ring (bicyclic) bond motifs is 2. The van der Waals surface area contributed by atoms with Crippen LogP contribution in [-0.4, -0.2) is 52.4 Å². The standard InChI is InChI=1S/C16H18N4O2S/c1-10-17-13-4-2-11(8-14(13)23-10)18-16(22)19-6-7-20-12(9-19)3-5-15(20)21/h2,4,8,12H,3,5-7,9H2,1H3,(H,18,22). The zero-order valence-electron chi connectivity index (χ0n) is 12.9. The number of amides is 3. The molecular weight excluding hydrogens is 312 g/mol. The number of urea groups is 1. The van der Waals surface area contributed by atoms with Gasteiger partial charge in [0, 0.05) is 37.8 Å². The van der Waals surface area contributed by atoms with Gasteiger partial charge in [0.15, 0.2) is 0 Å². The SMILES string of the molecule is Cc1nc2ccc(NC(=O)N3CCN4C(=O)CCC4C3)cc2s1. The molecule has 0 bridgehead atoms. The van der Waals surface area contributed by atoms with Gasteiger partial charge in [-0.05, 0) is 31.5 Å². The number of nitrogens with one attached hydrogen (secondary N) is 1. The summed E-state index contributed by atoms with van der Waals surface area (Å²) < 4.78 is 1.08. The van der Waals surface area contributed by atoms with Gasteiger partial charge in [0.2, 0.25) is 5.91 Å². The van der Waals surface area contributed by atoms with Crippen LogP contribution in [0.2, 0.25) is 0 Å². The second-order valence-electron chi connectivity index (χ2n) is 6.07. The lowest BCUT2D eigenvalue weighted by atomic mass is 10.1. The molecule has 1 N–H and O–H groups in total. The highest BCUT2D eigenvalue weighted by atomic mass is 32.1. The van der Waals surface area contributed by atoms with Gasteiger partial charge in [-0.3, -0.25) is 4.79 Å². The summed E-state index contributed by atoms with van der Waals surface area (Å²) in [6, 6.07) is 5.88. The van der Waals surface area contributed by atoms with Gasteiger partial charge in [-0.15, -0.1) is 11.3 Å². The fourth-order valence-electron chi connectivity index (χ4n) is 3.37. The minimum atomic E-state index is -0.0930. The topological polar surface area (TPSA) is 65.5 Å². The van der Waals surface area contributed by atoms with Gasteiger partial charge in [-0.2, -0.15) is 0 Å². The summed E-state index contributed by atoms with van der Waals surface area (Å²) in [7, 11) is 0. The number of aromatic nitrogens is 1. The first-order chi connectivity index (χ1) is 11.1. The Bertz CT molecular complexity index is 787. The van der Waals surface area contributed by atoms with Crippen LogP contribution in [0.15, 0.2) is 18.2 Å². The van der Waals surface area contributed by atoms with E-state index in [9.17, 15) is 9.59 Å². The van der Waals surface area contributed by atoms with E-state index in [4.69, 9.17) is 0 Å². The van der Waals surface area contributed by atoms with E-state index in [2.05, 4.69) is 10.3 Å². The van der Waals surface area contributed by atoms with Crippen LogP contribution in [0, 0.1) is 6.92 Å². The van der Waals surface area contributed by atoms with Crippen molar-refractivity contribution in [2.45, 2.75) is 25.8 Å². The lowest BCUT2D eigenvalue weighted by Gasteiger charge is -2.37. The van der Waals surface area contributed by atoms with Crippen LogP contribution >= 0.6 is 11.3 Å². The number of nitrogens with zero attached hydrogens (tertiary/aromatic N) is 3. The van der Waals surface area contributed by atoms with Crippen molar-refractivity contribution in [2.75, 3.05) is 25.0 Å². The Morgan fingerprint density at radius 2 is 2.26 bits per heavy atom. The molecule has 2 aliphatic rings. The molecule has 0 saturated carbocycles. The quantitative estimate of drug-likeness (QED) is 0.873. The van der Waals surface area contributed by atoms with Crippen LogP contribution in [-0.2, 0) is 4.79 Å². The van der Waals surface area contributed by atoms with Crippen molar-refractivity contribution in [1.29, 1.82) is 0 Å². The molecule has 0 aliphatic carbocycles. The van der Waals surface area contributed by atoms with E-state index in [-0.39, 0.29) is 18.0 Å². The third-order valence-electron chi connectivity index (χ3n) is 4.53. The van der Waals surface area contributed by atoms with Crippen molar-refractivity contribution >= 4 is 39.2 Å². The van der Waals surface area contributed by atoms with Gasteiger partial charge in [-0.1, -0.05) is 0 Å². The predicted molar refractivity (Wildman–Crippen MR) is 89.7 cm³/mol. The van der Waals surface area contributed by atoms with Gasteiger partial charge in [0.05, 0.1) is 15.2 Å². The maximum atomic E-state index is 12.5. The van der Waals surface area contributed by atoms with E-state index in [0.717, 1.165) is 27.3 Å². The summed E-state index contributed by atoms with van der Waals surface area (Å²) in [5, 5.41) is 3.99. The Morgan fingerprint density at radius 3 is 3.13 bits per heavy atom. The summed E-state index contributed by atoms with van der Waals surface area (Å²) >= 11 is 1.62. The lowest BCUT2D eigenvalue weighted by Crippen LogP contribution is -2.54. The molecule has 120 valence electrons. The molecule has 0 spiro atoms. The maximum Gasteiger partial charge on any atom is 0.321 e. The number of carbonyl (C=O) groups is 2. The van der Waals surface area contributed by atoms with Crippen molar-refractivity contribution in [3.05, 3.63) is 23.2 Å². The number of aryl methyl sites for hydroxylation is 1. The molecule has 1 unspecified atom stereocenters. The first-order valence-electron chi connectivity index (χ1n) is 7.83. The normalized spacial score (nSPS) is 20.9. The molecule has 2 aliphatic heterocycles. The van der Waals surface area contributed by atoms with Gasteiger partial charge >= 0.3 is 6.03 Å². The third kappa shape index (κ3) is 2.65. The number of piperazine rings is 1. The largest absolute Gasteiger partial charge is 0.336 e. The van der Waals surface area contributed by atoms with Crippen LogP contribution in [0.3, 0.4) is 0 Å². The minimum Gasteiger partial charge on any atom is -0.336 e. The van der Waals surface area contributed by atoms with Crippen LogP contribution in [0.1, 0.15) is 17.8 Å². The Labute approximate surface area is 138 Å². The first-order valence-corrected chi connectivity index (χ1v) is 8.64. The molecule has 1 atom stereocenters. The Morgan fingerprint density at radius 1 is 1.39 bits per heavy atom. The number of carbonyl (C=O) groups excluding carboxylic acids is 2. The highest BCUT2D eigenvalue weighted by molar-refractivity contribution is 7.18. The number of hydrogen-bond acceptors (Lipinski definition) is 4. The fourth-order valence-corrected chi connectivity index (χ4v) is 4.24. The fraction of sp³-hybridized carbons (Fsp3) is 0.438. The van der Waals surface area contributed by atoms with Gasteiger partial charge < -0.3 is 15.1 Å². The number of benzene rings is 1. The molecule has 3 heterocycles. The molecule has 2 fully saturated rings. The van der Waals surface area contributed by atoms with Gasteiger partial charge in [0.25, 0.3) is 0 Å². The average Bonchev–Trinajstić information content (AvgIpc) is 3.08. The number of thiazole rings is 1. The zero-order valence-corrected chi connectivity index (χ0v) is 13.7. The highest BCUT2D eigenvalue weighted by Crippen LogP contribution is 2.26. The summed E-state index contributed by atoms with van der Waals surface area (Å²) in [4.78, 5) is 32.3. The van der Waals surface area contributed by atoms with Crippen molar-refractivity contribution in [1.82, 2.24) is 14.8 Å². The van der Waals surface area contributed by atoms with E-state index < -0.39 is 0 Å². The highest BCUT2D eigenvalue weighted by Gasteiger charge is 2.36. The first kappa shape index (κ1) is 14.4. The van der Waals surface area contributed by atoms with Crippen molar-refractivity contribution in [2.24, 2.45) is 0 Å². The van der Waals surface area contributed by atoms with E-state index in [1.807, 2.05) is 34.9 Å². The Hall–Kier alpha value is -2.15. The molecular formula is C16H18N4O2S. The zero-order chi connectivity index (χ0) is 16.0. The van der Waals surface area contributed by atoms with Gasteiger partial charge in [-0.25, -0.2) is 9.78 Å². The molecule has 23 heavy (non-hydrogen) atoms. The van der Waals surface area contributed by atoms with E-state index in [0.29, 0.717) is 26.1 Å². The second kappa shape index (κ2) is 5.49. The molecule has 2 saturated heterocycles. The van der Waals surface area contributed by atoms with Gasteiger partial charge in [0.1, 0.15) is 0 Å². The van der Waals surface area contributed by atoms with Crippen LogP contribution < -0.4 is 5.32 Å². The summed E-state index contributed by atoms with van der Waals surface area (Å²) in [6.45, 7) is 3.84. The average molecular weight is 330 g/mol. The number of anilines is 1. The Balaban J connectivity index is 1.45. The molecule has 4 rings (SSSR count). The van der Waals surface area contributed by atoms with Crippen LogP contribution in [0.4, 0.5) is 10.5 Å². The lowest BCUT2D eigenvalue weighted by molar-refractivity contribution is -0.130. The van der Waals surface area contributed by atoms with Crippen molar-refractivity contribution < 1.29 is 9.59 Å². The molecule has 1 aromatic heterocycles.